The Labute approximate surface area is 174 Å². The zero-order valence-electron chi connectivity index (χ0n) is 15.9. The molecule has 4 nitrogen and oxygen atoms in total. The van der Waals surface area contributed by atoms with Crippen molar-refractivity contribution >= 4 is 47.4 Å². The quantitative estimate of drug-likeness (QED) is 0.350. The first-order chi connectivity index (χ1) is 11.6. The Bertz CT molecular complexity index is 532. The second kappa shape index (κ2) is 11.9. The van der Waals surface area contributed by atoms with Gasteiger partial charge in [-0.05, 0) is 50.6 Å². The van der Waals surface area contributed by atoms with Crippen LogP contribution in [0.3, 0.4) is 0 Å². The van der Waals surface area contributed by atoms with E-state index >= 15 is 0 Å². The molecule has 1 aliphatic rings. The largest absolute Gasteiger partial charge is 0.372 e. The second-order valence-electron chi connectivity index (χ2n) is 6.42. The van der Waals surface area contributed by atoms with Gasteiger partial charge < -0.3 is 15.5 Å². The predicted octanol–water partition coefficient (Wildman–Crippen LogP) is 4.27. The van der Waals surface area contributed by atoms with Crippen LogP contribution in [0.4, 0.5) is 5.69 Å². The molecule has 6 heteroatoms. The van der Waals surface area contributed by atoms with Crippen molar-refractivity contribution in [1.29, 1.82) is 0 Å². The molecule has 0 aliphatic carbocycles. The topological polar surface area (TPSA) is 39.7 Å². The van der Waals surface area contributed by atoms with Crippen LogP contribution in [0.5, 0.6) is 0 Å². The molecular formula is C19H33IN4S. The molecule has 2 N–H and O–H groups in total. The first-order valence-corrected chi connectivity index (χ1v) is 10.4. The fourth-order valence-corrected chi connectivity index (χ4v) is 3.09. The highest BCUT2D eigenvalue weighted by Gasteiger charge is 2.14. The normalized spacial score (nSPS) is 17.0. The van der Waals surface area contributed by atoms with Crippen LogP contribution in [0.2, 0.25) is 0 Å². The molecule has 142 valence electrons. The van der Waals surface area contributed by atoms with Gasteiger partial charge in [0.2, 0.25) is 0 Å². The van der Waals surface area contributed by atoms with Crippen molar-refractivity contribution < 1.29 is 0 Å². The molecule has 0 aromatic heterocycles. The van der Waals surface area contributed by atoms with Gasteiger partial charge in [0.05, 0.1) is 12.6 Å². The van der Waals surface area contributed by atoms with E-state index in [0.29, 0.717) is 5.25 Å². The van der Waals surface area contributed by atoms with Crippen molar-refractivity contribution in [1.82, 2.24) is 10.6 Å². The summed E-state index contributed by atoms with van der Waals surface area (Å²) in [6, 6.07) is 9.14. The van der Waals surface area contributed by atoms with Crippen LogP contribution >= 0.6 is 35.7 Å². The number of rotatable bonds is 7. The summed E-state index contributed by atoms with van der Waals surface area (Å²) in [7, 11) is 0. The van der Waals surface area contributed by atoms with Crippen LogP contribution in [0.15, 0.2) is 29.3 Å². The number of guanidine groups is 1. The van der Waals surface area contributed by atoms with E-state index < -0.39 is 0 Å². The Kier molecular flexibility index (Phi) is 10.7. The fraction of sp³-hybridized carbons (Fsp3) is 0.632. The van der Waals surface area contributed by atoms with E-state index in [-0.39, 0.29) is 30.0 Å². The molecule has 0 bridgehead atoms. The van der Waals surface area contributed by atoms with Crippen molar-refractivity contribution in [3.05, 3.63) is 29.8 Å². The SMILES string of the molecule is CCNC(=NCC(C)SC)NC(C)c1cccc(N2CCCC2)c1.I. The molecule has 1 fully saturated rings. The van der Waals surface area contributed by atoms with E-state index in [4.69, 9.17) is 4.99 Å². The highest BCUT2D eigenvalue weighted by Crippen LogP contribution is 2.23. The van der Waals surface area contributed by atoms with E-state index in [1.807, 2.05) is 11.8 Å². The average Bonchev–Trinajstić information content (AvgIpc) is 3.14. The zero-order chi connectivity index (χ0) is 17.4. The van der Waals surface area contributed by atoms with Crippen LogP contribution in [-0.4, -0.2) is 43.6 Å². The lowest BCUT2D eigenvalue weighted by Gasteiger charge is -2.22. The Morgan fingerprint density at radius 2 is 2.00 bits per heavy atom. The Hall–Kier alpha value is -0.630. The molecule has 1 heterocycles. The number of thioether (sulfide) groups is 1. The zero-order valence-corrected chi connectivity index (χ0v) is 19.1. The monoisotopic (exact) mass is 476 g/mol. The van der Waals surface area contributed by atoms with Gasteiger partial charge in [-0.15, -0.1) is 24.0 Å². The van der Waals surface area contributed by atoms with Crippen LogP contribution in [-0.2, 0) is 0 Å². The van der Waals surface area contributed by atoms with Crippen molar-refractivity contribution in [3.8, 4) is 0 Å². The van der Waals surface area contributed by atoms with E-state index in [1.165, 1.54) is 37.2 Å². The Morgan fingerprint density at radius 1 is 1.28 bits per heavy atom. The summed E-state index contributed by atoms with van der Waals surface area (Å²) in [4.78, 5) is 7.19. The first-order valence-electron chi connectivity index (χ1n) is 9.06. The molecule has 2 unspecified atom stereocenters. The predicted molar refractivity (Wildman–Crippen MR) is 124 cm³/mol. The van der Waals surface area contributed by atoms with Crippen LogP contribution in [0, 0.1) is 0 Å². The number of nitrogens with zero attached hydrogens (tertiary/aromatic N) is 2. The molecule has 1 aromatic rings. The Morgan fingerprint density at radius 3 is 2.64 bits per heavy atom. The first kappa shape index (κ1) is 22.4. The summed E-state index contributed by atoms with van der Waals surface area (Å²) in [5.74, 6) is 0.900. The number of benzene rings is 1. The Balaban J connectivity index is 0.00000312. The molecular weight excluding hydrogens is 443 g/mol. The molecule has 0 spiro atoms. The van der Waals surface area contributed by atoms with Gasteiger partial charge >= 0.3 is 0 Å². The average molecular weight is 476 g/mol. The summed E-state index contributed by atoms with van der Waals surface area (Å²) in [6.07, 6.45) is 4.75. The third-order valence-electron chi connectivity index (χ3n) is 4.45. The molecule has 1 aliphatic heterocycles. The third-order valence-corrected chi connectivity index (χ3v) is 5.40. The van der Waals surface area contributed by atoms with Gasteiger partial charge in [0.25, 0.3) is 0 Å². The molecule has 2 atom stereocenters. The van der Waals surface area contributed by atoms with Gasteiger partial charge in [0.1, 0.15) is 0 Å². The summed E-state index contributed by atoms with van der Waals surface area (Å²) < 4.78 is 0. The number of anilines is 1. The number of halogens is 1. The number of hydrogen-bond acceptors (Lipinski definition) is 3. The summed E-state index contributed by atoms with van der Waals surface area (Å²) >= 11 is 1.85. The summed E-state index contributed by atoms with van der Waals surface area (Å²) in [5, 5.41) is 7.43. The van der Waals surface area contributed by atoms with Gasteiger partial charge in [0.15, 0.2) is 5.96 Å². The van der Waals surface area contributed by atoms with Crippen molar-refractivity contribution in [2.45, 2.75) is 44.9 Å². The number of hydrogen-bond donors (Lipinski definition) is 2. The van der Waals surface area contributed by atoms with Gasteiger partial charge in [-0.3, -0.25) is 4.99 Å². The van der Waals surface area contributed by atoms with Crippen LogP contribution < -0.4 is 15.5 Å². The fourth-order valence-electron chi connectivity index (χ4n) is 2.87. The lowest BCUT2D eigenvalue weighted by Crippen LogP contribution is -2.39. The molecule has 0 radical (unpaired) electrons. The molecule has 1 aromatic carbocycles. The standard InChI is InChI=1S/C19H32N4S.HI/c1-5-20-19(21-14-15(2)24-4)22-16(3)17-9-8-10-18(13-17)23-11-6-7-12-23;/h8-10,13,15-16H,5-7,11-12,14H2,1-4H3,(H2,20,21,22);1H. The van der Waals surface area contributed by atoms with E-state index in [0.717, 1.165) is 19.0 Å². The minimum absolute atomic E-state index is 0. The van der Waals surface area contributed by atoms with Crippen LogP contribution in [0.1, 0.15) is 45.2 Å². The highest BCUT2D eigenvalue weighted by atomic mass is 127. The van der Waals surface area contributed by atoms with Gasteiger partial charge in [-0.1, -0.05) is 19.1 Å². The molecule has 2 rings (SSSR count). The minimum Gasteiger partial charge on any atom is -0.372 e. The van der Waals surface area contributed by atoms with E-state index in [2.05, 4.69) is 66.8 Å². The van der Waals surface area contributed by atoms with Gasteiger partial charge in [-0.2, -0.15) is 11.8 Å². The van der Waals surface area contributed by atoms with Crippen molar-refractivity contribution in [2.75, 3.05) is 37.3 Å². The van der Waals surface area contributed by atoms with Gasteiger partial charge in [-0.25, -0.2) is 0 Å². The van der Waals surface area contributed by atoms with Crippen LogP contribution in [0.25, 0.3) is 0 Å². The highest BCUT2D eigenvalue weighted by molar-refractivity contribution is 14.0. The minimum atomic E-state index is 0. The maximum absolute atomic E-state index is 4.71. The van der Waals surface area contributed by atoms with Gasteiger partial charge in [0, 0.05) is 30.6 Å². The molecule has 0 saturated carbocycles. The van der Waals surface area contributed by atoms with Crippen molar-refractivity contribution in [2.24, 2.45) is 4.99 Å². The lowest BCUT2D eigenvalue weighted by atomic mass is 10.1. The number of nitrogens with one attached hydrogen (secondary N) is 2. The smallest absolute Gasteiger partial charge is 0.191 e. The third kappa shape index (κ3) is 7.25. The summed E-state index contributed by atoms with van der Waals surface area (Å²) in [5.41, 5.74) is 2.65. The second-order valence-corrected chi connectivity index (χ2v) is 7.70. The maximum Gasteiger partial charge on any atom is 0.191 e. The van der Waals surface area contributed by atoms with Crippen molar-refractivity contribution in [3.63, 3.8) is 0 Å². The maximum atomic E-state index is 4.71. The molecule has 0 amide bonds. The number of aliphatic imine (C=N–C) groups is 1. The summed E-state index contributed by atoms with van der Waals surface area (Å²) in [6.45, 7) is 10.6. The van der Waals surface area contributed by atoms with E-state index in [9.17, 15) is 0 Å². The lowest BCUT2D eigenvalue weighted by molar-refractivity contribution is 0.685. The molecule has 1 saturated heterocycles. The van der Waals surface area contributed by atoms with E-state index in [1.54, 1.807) is 0 Å². The molecule has 25 heavy (non-hydrogen) atoms.